The van der Waals surface area contributed by atoms with Gasteiger partial charge >= 0.3 is 0 Å². The molecule has 0 aliphatic heterocycles. The molecular weight excluding hydrogens is 341 g/mol. The highest BCUT2D eigenvalue weighted by Crippen LogP contribution is 2.30. The fourth-order valence-electron chi connectivity index (χ4n) is 1.75. The second-order valence-corrected chi connectivity index (χ2v) is 6.40. The number of benzene rings is 2. The molecule has 2 aromatic rings. The lowest BCUT2D eigenvalue weighted by Crippen LogP contribution is -2.12. The number of methoxy groups -OCH3 is 1. The van der Waals surface area contributed by atoms with Crippen molar-refractivity contribution >= 4 is 46.6 Å². The summed E-state index contributed by atoms with van der Waals surface area (Å²) >= 11 is 13.6. The van der Waals surface area contributed by atoms with Crippen LogP contribution in [-0.4, -0.2) is 18.8 Å². The monoisotopic (exact) mass is 355 g/mol. The Morgan fingerprint density at radius 3 is 2.36 bits per heavy atom. The van der Waals surface area contributed by atoms with Crippen LogP contribution in [0.4, 0.5) is 5.69 Å². The smallest absolute Gasteiger partial charge is 0.225 e. The number of hydrogen-bond acceptors (Lipinski definition) is 3. The first-order valence-corrected chi connectivity index (χ1v) is 8.35. The molecule has 0 aliphatic rings. The summed E-state index contributed by atoms with van der Waals surface area (Å²) < 4.78 is 5.10. The van der Waals surface area contributed by atoms with Crippen LogP contribution in [0.5, 0.6) is 5.75 Å². The van der Waals surface area contributed by atoms with Crippen molar-refractivity contribution in [2.45, 2.75) is 11.3 Å². The topological polar surface area (TPSA) is 38.3 Å². The van der Waals surface area contributed by atoms with Crippen LogP contribution in [0.2, 0.25) is 10.0 Å². The maximum absolute atomic E-state index is 11.9. The van der Waals surface area contributed by atoms with Crippen molar-refractivity contribution in [2.24, 2.45) is 0 Å². The van der Waals surface area contributed by atoms with E-state index in [-0.39, 0.29) is 5.91 Å². The van der Waals surface area contributed by atoms with Crippen LogP contribution in [0, 0.1) is 0 Å². The lowest BCUT2D eigenvalue weighted by atomic mass is 10.3. The van der Waals surface area contributed by atoms with E-state index in [0.29, 0.717) is 27.9 Å². The summed E-state index contributed by atoms with van der Waals surface area (Å²) in [5.74, 6) is 1.37. The zero-order chi connectivity index (χ0) is 15.9. The van der Waals surface area contributed by atoms with Gasteiger partial charge in [-0.1, -0.05) is 29.3 Å². The maximum atomic E-state index is 11.9. The van der Waals surface area contributed by atoms with Crippen molar-refractivity contribution < 1.29 is 9.53 Å². The second-order valence-electron chi connectivity index (χ2n) is 4.42. The van der Waals surface area contributed by atoms with E-state index in [1.165, 1.54) is 0 Å². The minimum Gasteiger partial charge on any atom is -0.497 e. The van der Waals surface area contributed by atoms with Gasteiger partial charge in [0.05, 0.1) is 22.8 Å². The van der Waals surface area contributed by atoms with Crippen LogP contribution >= 0.6 is 35.0 Å². The highest BCUT2D eigenvalue weighted by atomic mass is 35.5. The van der Waals surface area contributed by atoms with Gasteiger partial charge in [-0.2, -0.15) is 0 Å². The summed E-state index contributed by atoms with van der Waals surface area (Å²) in [6, 6.07) is 12.8. The highest BCUT2D eigenvalue weighted by Gasteiger charge is 2.09. The van der Waals surface area contributed by atoms with Gasteiger partial charge in [-0.25, -0.2) is 0 Å². The number of amides is 1. The highest BCUT2D eigenvalue weighted by molar-refractivity contribution is 7.99. The predicted octanol–water partition coefficient (Wildman–Crippen LogP) is 5.12. The van der Waals surface area contributed by atoms with Crippen LogP contribution in [0.15, 0.2) is 47.4 Å². The lowest BCUT2D eigenvalue weighted by Gasteiger charge is -2.09. The number of nitrogens with one attached hydrogen (secondary N) is 1. The quantitative estimate of drug-likeness (QED) is 0.730. The number of carbonyl (C=O) groups is 1. The largest absolute Gasteiger partial charge is 0.497 e. The van der Waals surface area contributed by atoms with Gasteiger partial charge in [0.2, 0.25) is 5.91 Å². The third-order valence-electron chi connectivity index (χ3n) is 2.88. The SMILES string of the molecule is COc1ccc(SCCC(=O)Nc2c(Cl)cccc2Cl)cc1. The van der Waals surface area contributed by atoms with E-state index in [2.05, 4.69) is 5.32 Å². The van der Waals surface area contributed by atoms with E-state index in [4.69, 9.17) is 27.9 Å². The Kier molecular flexibility index (Phi) is 6.43. The third-order valence-corrected chi connectivity index (χ3v) is 4.53. The van der Waals surface area contributed by atoms with Gasteiger partial charge in [-0.05, 0) is 36.4 Å². The lowest BCUT2D eigenvalue weighted by molar-refractivity contribution is -0.115. The van der Waals surface area contributed by atoms with Crippen LogP contribution < -0.4 is 10.1 Å². The molecule has 0 radical (unpaired) electrons. The van der Waals surface area contributed by atoms with Crippen molar-refractivity contribution in [1.82, 2.24) is 0 Å². The second kappa shape index (κ2) is 8.32. The molecule has 0 saturated carbocycles. The average molecular weight is 356 g/mol. The van der Waals surface area contributed by atoms with Crippen LogP contribution in [0.3, 0.4) is 0 Å². The van der Waals surface area contributed by atoms with Gasteiger partial charge in [0.25, 0.3) is 0 Å². The van der Waals surface area contributed by atoms with E-state index < -0.39 is 0 Å². The first-order chi connectivity index (χ1) is 10.6. The van der Waals surface area contributed by atoms with Crippen molar-refractivity contribution in [1.29, 1.82) is 0 Å². The van der Waals surface area contributed by atoms with Crippen molar-refractivity contribution in [3.63, 3.8) is 0 Å². The summed E-state index contributed by atoms with van der Waals surface area (Å²) in [4.78, 5) is 13.0. The number of rotatable bonds is 6. The molecule has 3 nitrogen and oxygen atoms in total. The molecule has 0 fully saturated rings. The average Bonchev–Trinajstić information content (AvgIpc) is 2.52. The third kappa shape index (κ3) is 4.83. The zero-order valence-corrected chi connectivity index (χ0v) is 14.3. The molecule has 116 valence electrons. The summed E-state index contributed by atoms with van der Waals surface area (Å²) in [7, 11) is 1.63. The first-order valence-electron chi connectivity index (χ1n) is 6.61. The number of hydrogen-bond donors (Lipinski definition) is 1. The molecule has 0 heterocycles. The molecular formula is C16H15Cl2NO2S. The Balaban J connectivity index is 1.82. The Morgan fingerprint density at radius 1 is 1.14 bits per heavy atom. The first kappa shape index (κ1) is 17.0. The van der Waals surface area contributed by atoms with Crippen LogP contribution in [-0.2, 0) is 4.79 Å². The number of ether oxygens (including phenoxy) is 1. The Hall–Kier alpha value is -1.36. The summed E-state index contributed by atoms with van der Waals surface area (Å²) in [6.45, 7) is 0. The number of thioether (sulfide) groups is 1. The molecule has 22 heavy (non-hydrogen) atoms. The standard InChI is InChI=1S/C16H15Cl2NO2S/c1-21-11-5-7-12(8-6-11)22-10-9-15(20)19-16-13(17)3-2-4-14(16)18/h2-8H,9-10H2,1H3,(H,19,20). The predicted molar refractivity (Wildman–Crippen MR) is 93.4 cm³/mol. The molecule has 1 amide bonds. The van der Waals surface area contributed by atoms with Gasteiger partial charge in [0.1, 0.15) is 5.75 Å². The van der Waals surface area contributed by atoms with E-state index in [1.807, 2.05) is 24.3 Å². The molecule has 0 atom stereocenters. The van der Waals surface area contributed by atoms with Crippen molar-refractivity contribution in [2.75, 3.05) is 18.2 Å². The van der Waals surface area contributed by atoms with Gasteiger partial charge in [0, 0.05) is 17.1 Å². The maximum Gasteiger partial charge on any atom is 0.225 e. The summed E-state index contributed by atoms with van der Waals surface area (Å²) in [5.41, 5.74) is 0.463. The Labute approximate surface area is 144 Å². The van der Waals surface area contributed by atoms with Gasteiger partial charge < -0.3 is 10.1 Å². The molecule has 2 aromatic carbocycles. The number of halogens is 2. The van der Waals surface area contributed by atoms with Crippen LogP contribution in [0.1, 0.15) is 6.42 Å². The van der Waals surface area contributed by atoms with E-state index in [1.54, 1.807) is 37.1 Å². The van der Waals surface area contributed by atoms with Crippen molar-refractivity contribution in [3.05, 3.63) is 52.5 Å². The van der Waals surface area contributed by atoms with E-state index in [0.717, 1.165) is 10.6 Å². The number of anilines is 1. The minimum atomic E-state index is -0.115. The zero-order valence-electron chi connectivity index (χ0n) is 11.9. The molecule has 0 aliphatic carbocycles. The number of para-hydroxylation sites is 1. The van der Waals surface area contributed by atoms with Gasteiger partial charge in [-0.15, -0.1) is 11.8 Å². The molecule has 1 N–H and O–H groups in total. The molecule has 0 aromatic heterocycles. The van der Waals surface area contributed by atoms with E-state index >= 15 is 0 Å². The normalized spacial score (nSPS) is 10.3. The molecule has 6 heteroatoms. The van der Waals surface area contributed by atoms with Gasteiger partial charge in [-0.3, -0.25) is 4.79 Å². The molecule has 0 saturated heterocycles. The Morgan fingerprint density at radius 2 is 1.77 bits per heavy atom. The number of carbonyl (C=O) groups excluding carboxylic acids is 1. The fourth-order valence-corrected chi connectivity index (χ4v) is 3.10. The summed E-state index contributed by atoms with van der Waals surface area (Å²) in [6.07, 6.45) is 0.373. The fraction of sp³-hybridized carbons (Fsp3) is 0.188. The summed E-state index contributed by atoms with van der Waals surface area (Å²) in [5, 5.41) is 3.61. The molecule has 0 spiro atoms. The van der Waals surface area contributed by atoms with Crippen molar-refractivity contribution in [3.8, 4) is 5.75 Å². The molecule has 0 unspecified atom stereocenters. The minimum absolute atomic E-state index is 0.115. The van der Waals surface area contributed by atoms with Gasteiger partial charge in [0.15, 0.2) is 0 Å². The molecule has 2 rings (SSSR count). The molecule has 0 bridgehead atoms. The van der Waals surface area contributed by atoms with E-state index in [9.17, 15) is 4.79 Å². The Bertz CT molecular complexity index is 627. The van der Waals surface area contributed by atoms with Crippen LogP contribution in [0.25, 0.3) is 0 Å².